The molecule has 0 aromatic heterocycles. The lowest BCUT2D eigenvalue weighted by Crippen LogP contribution is -2.38. The first-order valence-electron chi connectivity index (χ1n) is 6.87. The Labute approximate surface area is 124 Å². The molecule has 0 heterocycles. The zero-order valence-corrected chi connectivity index (χ0v) is 12.9. The summed E-state index contributed by atoms with van der Waals surface area (Å²) < 4.78 is 5.36. The van der Waals surface area contributed by atoms with Crippen molar-refractivity contribution in [3.8, 4) is 5.75 Å². The predicted molar refractivity (Wildman–Crippen MR) is 84.5 cm³/mol. The van der Waals surface area contributed by atoms with Crippen molar-refractivity contribution >= 4 is 23.4 Å². The van der Waals surface area contributed by atoms with Crippen molar-refractivity contribution in [3.63, 3.8) is 0 Å². The van der Waals surface area contributed by atoms with Gasteiger partial charge in [0.05, 0.1) is 12.8 Å². The molecule has 0 aliphatic heterocycles. The Morgan fingerprint density at radius 1 is 1.45 bits per heavy atom. The molecule has 3 N–H and O–H groups in total. The molecule has 1 aliphatic rings. The molecule has 1 saturated carbocycles. The molecule has 0 unspecified atom stereocenters. The summed E-state index contributed by atoms with van der Waals surface area (Å²) in [5, 5.41) is 3.05. The third-order valence-corrected chi connectivity index (χ3v) is 5.43. The first-order chi connectivity index (χ1) is 9.60. The number of nitrogens with two attached hydrogens (primary N) is 1. The summed E-state index contributed by atoms with van der Waals surface area (Å²) in [5.41, 5.74) is 6.89. The highest BCUT2D eigenvalue weighted by molar-refractivity contribution is 8.00. The summed E-state index contributed by atoms with van der Waals surface area (Å²) in [6.07, 6.45) is 7.00. The van der Waals surface area contributed by atoms with Crippen molar-refractivity contribution in [2.45, 2.75) is 30.4 Å². The number of thioether (sulfide) groups is 1. The first-order valence-corrected chi connectivity index (χ1v) is 8.09. The first kappa shape index (κ1) is 15.0. The van der Waals surface area contributed by atoms with E-state index in [0.29, 0.717) is 17.0 Å². The van der Waals surface area contributed by atoms with E-state index in [1.165, 1.54) is 25.7 Å². The molecule has 1 amide bonds. The maximum atomic E-state index is 12.2. The molecule has 0 saturated heterocycles. The van der Waals surface area contributed by atoms with Gasteiger partial charge in [0.1, 0.15) is 5.75 Å². The lowest BCUT2D eigenvalue weighted by Gasteiger charge is -2.26. The fraction of sp³-hybridized carbons (Fsp3) is 0.533. The van der Waals surface area contributed by atoms with Crippen LogP contribution in [0.4, 0.5) is 5.69 Å². The highest BCUT2D eigenvalue weighted by Crippen LogP contribution is 2.39. The largest absolute Gasteiger partial charge is 0.495 e. The van der Waals surface area contributed by atoms with Gasteiger partial charge >= 0.3 is 0 Å². The highest BCUT2D eigenvalue weighted by atomic mass is 32.2. The lowest BCUT2D eigenvalue weighted by atomic mass is 10.1. The van der Waals surface area contributed by atoms with Crippen molar-refractivity contribution in [3.05, 3.63) is 23.8 Å². The summed E-state index contributed by atoms with van der Waals surface area (Å²) in [4.78, 5) is 12.2. The molecule has 2 rings (SSSR count). The van der Waals surface area contributed by atoms with Crippen molar-refractivity contribution in [2.24, 2.45) is 0 Å². The summed E-state index contributed by atoms with van der Waals surface area (Å²) in [7, 11) is 1.55. The van der Waals surface area contributed by atoms with E-state index in [-0.39, 0.29) is 10.7 Å². The molecule has 1 aromatic rings. The van der Waals surface area contributed by atoms with Crippen LogP contribution < -0.4 is 15.8 Å². The average Bonchev–Trinajstić information content (AvgIpc) is 2.95. The van der Waals surface area contributed by atoms with Crippen LogP contribution in [0.5, 0.6) is 5.75 Å². The second-order valence-electron chi connectivity index (χ2n) is 5.23. The van der Waals surface area contributed by atoms with Crippen LogP contribution in [0.2, 0.25) is 0 Å². The number of carbonyl (C=O) groups excluding carboxylic acids is 1. The van der Waals surface area contributed by atoms with E-state index in [1.54, 1.807) is 25.3 Å². The number of anilines is 1. The van der Waals surface area contributed by atoms with Crippen LogP contribution in [0.15, 0.2) is 18.2 Å². The molecule has 0 radical (unpaired) electrons. The Morgan fingerprint density at radius 3 is 2.75 bits per heavy atom. The molecule has 1 aromatic carbocycles. The minimum atomic E-state index is -0.0661. The van der Waals surface area contributed by atoms with Crippen LogP contribution in [0, 0.1) is 0 Å². The molecule has 0 atom stereocenters. The van der Waals surface area contributed by atoms with Crippen LogP contribution in [-0.2, 0) is 0 Å². The maximum absolute atomic E-state index is 12.2. The van der Waals surface area contributed by atoms with Crippen molar-refractivity contribution in [2.75, 3.05) is 25.6 Å². The van der Waals surface area contributed by atoms with E-state index in [4.69, 9.17) is 10.5 Å². The van der Waals surface area contributed by atoms with Gasteiger partial charge in [0, 0.05) is 16.9 Å². The minimum absolute atomic E-state index is 0.0661. The number of ether oxygens (including phenoxy) is 1. The van der Waals surface area contributed by atoms with Crippen molar-refractivity contribution < 1.29 is 9.53 Å². The third-order valence-electron chi connectivity index (χ3n) is 4.01. The Bertz CT molecular complexity index is 485. The van der Waals surface area contributed by atoms with E-state index in [0.717, 1.165) is 6.54 Å². The number of benzene rings is 1. The summed E-state index contributed by atoms with van der Waals surface area (Å²) in [6.45, 7) is 0.722. The zero-order chi connectivity index (χ0) is 14.6. The van der Waals surface area contributed by atoms with Crippen LogP contribution >= 0.6 is 11.8 Å². The Balaban J connectivity index is 2.01. The van der Waals surface area contributed by atoms with Gasteiger partial charge in [-0.1, -0.05) is 12.8 Å². The van der Waals surface area contributed by atoms with Gasteiger partial charge in [0.25, 0.3) is 5.91 Å². The Hall–Kier alpha value is -1.36. The second kappa shape index (κ2) is 6.39. The van der Waals surface area contributed by atoms with E-state index in [2.05, 4.69) is 11.6 Å². The number of methoxy groups -OCH3 is 1. The van der Waals surface area contributed by atoms with Gasteiger partial charge in [-0.2, -0.15) is 11.8 Å². The molecule has 20 heavy (non-hydrogen) atoms. The van der Waals surface area contributed by atoms with Crippen LogP contribution in [0.1, 0.15) is 36.0 Å². The number of carbonyl (C=O) groups is 1. The third kappa shape index (κ3) is 3.20. The number of rotatable bonds is 5. The highest BCUT2D eigenvalue weighted by Gasteiger charge is 2.33. The lowest BCUT2D eigenvalue weighted by molar-refractivity contribution is 0.0949. The van der Waals surface area contributed by atoms with Gasteiger partial charge in [0.15, 0.2) is 0 Å². The predicted octanol–water partition coefficient (Wildman–Crippen LogP) is 2.68. The smallest absolute Gasteiger partial charge is 0.251 e. The van der Waals surface area contributed by atoms with Crippen LogP contribution in [0.3, 0.4) is 0 Å². The van der Waals surface area contributed by atoms with Crippen molar-refractivity contribution in [1.29, 1.82) is 0 Å². The molecule has 5 heteroatoms. The van der Waals surface area contributed by atoms with E-state index >= 15 is 0 Å². The number of hydrogen-bond acceptors (Lipinski definition) is 4. The molecular weight excluding hydrogens is 272 g/mol. The van der Waals surface area contributed by atoms with Gasteiger partial charge in [0.2, 0.25) is 0 Å². The summed E-state index contributed by atoms with van der Waals surface area (Å²) in [5.74, 6) is 0.474. The number of nitrogen functional groups attached to an aromatic ring is 1. The quantitative estimate of drug-likeness (QED) is 0.820. The average molecular weight is 294 g/mol. The van der Waals surface area contributed by atoms with Crippen molar-refractivity contribution in [1.82, 2.24) is 5.32 Å². The van der Waals surface area contributed by atoms with Gasteiger partial charge in [-0.3, -0.25) is 4.79 Å². The Kier molecular flexibility index (Phi) is 4.81. The number of hydrogen-bond donors (Lipinski definition) is 2. The zero-order valence-electron chi connectivity index (χ0n) is 12.1. The molecule has 0 spiro atoms. The fourth-order valence-corrected chi connectivity index (χ4v) is 3.58. The normalized spacial score (nSPS) is 16.9. The van der Waals surface area contributed by atoms with Gasteiger partial charge in [-0.25, -0.2) is 0 Å². The van der Waals surface area contributed by atoms with E-state index in [9.17, 15) is 4.79 Å². The van der Waals surface area contributed by atoms with Gasteiger partial charge in [-0.05, 0) is 37.3 Å². The molecule has 1 fully saturated rings. The molecule has 1 aliphatic carbocycles. The fourth-order valence-electron chi connectivity index (χ4n) is 2.67. The molecule has 0 bridgehead atoms. The Morgan fingerprint density at radius 2 is 2.15 bits per heavy atom. The molecule has 4 nitrogen and oxygen atoms in total. The molecule has 110 valence electrons. The van der Waals surface area contributed by atoms with E-state index in [1.807, 2.05) is 11.8 Å². The van der Waals surface area contributed by atoms with Gasteiger partial charge in [-0.15, -0.1) is 0 Å². The monoisotopic (exact) mass is 294 g/mol. The SMILES string of the molecule is COc1cc(C(=O)NCC2(SC)CCCC2)ccc1N. The topological polar surface area (TPSA) is 64.3 Å². The number of amides is 1. The standard InChI is InChI=1S/C15H22N2O2S/c1-19-13-9-11(5-6-12(13)16)14(18)17-10-15(20-2)7-3-4-8-15/h5-6,9H,3-4,7-8,10,16H2,1-2H3,(H,17,18). The number of nitrogens with one attached hydrogen (secondary N) is 1. The molecular formula is C15H22N2O2S. The van der Waals surface area contributed by atoms with E-state index < -0.39 is 0 Å². The van der Waals surface area contributed by atoms with Crippen LogP contribution in [-0.4, -0.2) is 30.6 Å². The maximum Gasteiger partial charge on any atom is 0.251 e. The van der Waals surface area contributed by atoms with Gasteiger partial charge < -0.3 is 15.8 Å². The minimum Gasteiger partial charge on any atom is -0.495 e. The summed E-state index contributed by atoms with van der Waals surface area (Å²) in [6, 6.07) is 5.12. The summed E-state index contributed by atoms with van der Waals surface area (Å²) >= 11 is 1.87. The second-order valence-corrected chi connectivity index (χ2v) is 6.51. The van der Waals surface area contributed by atoms with Crippen LogP contribution in [0.25, 0.3) is 0 Å².